The van der Waals surface area contributed by atoms with Crippen LogP contribution < -0.4 is 9.47 Å². The van der Waals surface area contributed by atoms with E-state index in [1.807, 2.05) is 25.1 Å². The summed E-state index contributed by atoms with van der Waals surface area (Å²) in [6.45, 7) is 6.55. The molecule has 0 amide bonds. The summed E-state index contributed by atoms with van der Waals surface area (Å²) in [5.41, 5.74) is 2.84. The van der Waals surface area contributed by atoms with Gasteiger partial charge in [0, 0.05) is 0 Å². The summed E-state index contributed by atoms with van der Waals surface area (Å²) >= 11 is 0. The Morgan fingerprint density at radius 3 is 2.43 bits per heavy atom. The van der Waals surface area contributed by atoms with E-state index in [1.54, 1.807) is 30.3 Å². The van der Waals surface area contributed by atoms with Gasteiger partial charge in [-0.1, -0.05) is 30.9 Å². The van der Waals surface area contributed by atoms with E-state index in [4.69, 9.17) is 14.6 Å². The molecule has 0 heterocycles. The Hall–Kier alpha value is -2.75. The standard InChI is InChI=1S/C19H20O4/c1-3-10-22-18-9-6-16(11-14(18)2)13-23-17-7-4-15(5-8-17)12-19(20)21/h3-9,11H,1,10,12-13H2,2H3,(H,20,21). The van der Waals surface area contributed by atoms with E-state index in [0.717, 1.165) is 22.4 Å². The maximum absolute atomic E-state index is 10.6. The predicted octanol–water partition coefficient (Wildman–Crippen LogP) is 3.77. The average molecular weight is 312 g/mol. The summed E-state index contributed by atoms with van der Waals surface area (Å²) in [4.78, 5) is 10.6. The van der Waals surface area contributed by atoms with Gasteiger partial charge in [-0.05, 0) is 47.9 Å². The van der Waals surface area contributed by atoms with Gasteiger partial charge in [-0.3, -0.25) is 4.79 Å². The van der Waals surface area contributed by atoms with Crippen molar-refractivity contribution in [3.8, 4) is 11.5 Å². The van der Waals surface area contributed by atoms with Crippen molar-refractivity contribution in [2.24, 2.45) is 0 Å². The SMILES string of the molecule is C=CCOc1ccc(COc2ccc(CC(=O)O)cc2)cc1C. The number of rotatable bonds is 8. The van der Waals surface area contributed by atoms with Crippen molar-refractivity contribution in [1.29, 1.82) is 0 Å². The van der Waals surface area contributed by atoms with Gasteiger partial charge >= 0.3 is 5.97 Å². The maximum atomic E-state index is 10.6. The van der Waals surface area contributed by atoms with E-state index in [-0.39, 0.29) is 6.42 Å². The topological polar surface area (TPSA) is 55.8 Å². The molecule has 0 radical (unpaired) electrons. The van der Waals surface area contributed by atoms with Crippen LogP contribution in [0.5, 0.6) is 11.5 Å². The largest absolute Gasteiger partial charge is 0.489 e. The molecule has 4 heteroatoms. The van der Waals surface area contributed by atoms with Crippen LogP contribution in [0.4, 0.5) is 0 Å². The Kier molecular flexibility index (Phi) is 5.80. The lowest BCUT2D eigenvalue weighted by Crippen LogP contribution is -2.01. The van der Waals surface area contributed by atoms with Crippen LogP contribution in [0.25, 0.3) is 0 Å². The fourth-order valence-corrected chi connectivity index (χ4v) is 2.16. The number of carboxylic acids is 1. The molecule has 2 aromatic carbocycles. The first kappa shape index (κ1) is 16.6. The predicted molar refractivity (Wildman–Crippen MR) is 89.0 cm³/mol. The molecule has 23 heavy (non-hydrogen) atoms. The molecule has 0 fully saturated rings. The van der Waals surface area contributed by atoms with Gasteiger partial charge in [0.15, 0.2) is 0 Å². The monoisotopic (exact) mass is 312 g/mol. The van der Waals surface area contributed by atoms with Crippen LogP contribution in [0.15, 0.2) is 55.1 Å². The molecule has 0 aliphatic rings. The first-order valence-corrected chi connectivity index (χ1v) is 7.35. The molecular weight excluding hydrogens is 292 g/mol. The first-order valence-electron chi connectivity index (χ1n) is 7.35. The molecule has 0 unspecified atom stereocenters. The molecule has 2 rings (SSSR count). The number of aryl methyl sites for hydroxylation is 1. The van der Waals surface area contributed by atoms with Crippen molar-refractivity contribution in [2.45, 2.75) is 20.0 Å². The van der Waals surface area contributed by atoms with E-state index in [1.165, 1.54) is 0 Å². The van der Waals surface area contributed by atoms with E-state index in [2.05, 4.69) is 6.58 Å². The van der Waals surface area contributed by atoms with Gasteiger partial charge in [0.2, 0.25) is 0 Å². The lowest BCUT2D eigenvalue weighted by atomic mass is 10.1. The normalized spacial score (nSPS) is 10.1. The molecule has 2 aromatic rings. The highest BCUT2D eigenvalue weighted by molar-refractivity contribution is 5.70. The minimum atomic E-state index is -0.840. The number of aliphatic carboxylic acids is 1. The Bertz CT molecular complexity index is 674. The summed E-state index contributed by atoms with van der Waals surface area (Å²) in [7, 11) is 0. The lowest BCUT2D eigenvalue weighted by Gasteiger charge is -2.10. The molecule has 0 aliphatic carbocycles. The van der Waals surface area contributed by atoms with Crippen molar-refractivity contribution in [2.75, 3.05) is 6.61 Å². The van der Waals surface area contributed by atoms with Gasteiger partial charge in [-0.2, -0.15) is 0 Å². The summed E-state index contributed by atoms with van der Waals surface area (Å²) in [5.74, 6) is 0.711. The number of carbonyl (C=O) groups is 1. The number of hydrogen-bond donors (Lipinski definition) is 1. The van der Waals surface area contributed by atoms with Crippen molar-refractivity contribution in [3.05, 3.63) is 71.8 Å². The third-order valence-corrected chi connectivity index (χ3v) is 3.28. The highest BCUT2D eigenvalue weighted by atomic mass is 16.5. The van der Waals surface area contributed by atoms with E-state index < -0.39 is 5.97 Å². The highest BCUT2D eigenvalue weighted by Gasteiger charge is 2.03. The quantitative estimate of drug-likeness (QED) is 0.754. The molecule has 120 valence electrons. The van der Waals surface area contributed by atoms with Crippen molar-refractivity contribution in [3.63, 3.8) is 0 Å². The molecule has 0 spiro atoms. The Morgan fingerprint density at radius 1 is 1.13 bits per heavy atom. The van der Waals surface area contributed by atoms with E-state index in [9.17, 15) is 4.79 Å². The summed E-state index contributed by atoms with van der Waals surface area (Å²) in [6, 6.07) is 13.0. The second-order valence-electron chi connectivity index (χ2n) is 5.20. The third kappa shape index (κ3) is 5.18. The number of benzene rings is 2. The minimum Gasteiger partial charge on any atom is -0.489 e. The Labute approximate surface area is 136 Å². The van der Waals surface area contributed by atoms with Gasteiger partial charge in [-0.25, -0.2) is 0 Å². The molecule has 0 saturated heterocycles. The third-order valence-electron chi connectivity index (χ3n) is 3.28. The van der Waals surface area contributed by atoms with Crippen LogP contribution in [0, 0.1) is 6.92 Å². The zero-order chi connectivity index (χ0) is 16.7. The van der Waals surface area contributed by atoms with Gasteiger partial charge in [0.05, 0.1) is 6.42 Å². The Morgan fingerprint density at radius 2 is 1.83 bits per heavy atom. The molecule has 0 aliphatic heterocycles. The van der Waals surface area contributed by atoms with Crippen LogP contribution in [0.1, 0.15) is 16.7 Å². The van der Waals surface area contributed by atoms with Crippen molar-refractivity contribution >= 4 is 5.97 Å². The van der Waals surface area contributed by atoms with Gasteiger partial charge in [-0.15, -0.1) is 0 Å². The fourth-order valence-electron chi connectivity index (χ4n) is 2.16. The highest BCUT2D eigenvalue weighted by Crippen LogP contribution is 2.21. The zero-order valence-corrected chi connectivity index (χ0v) is 13.1. The van der Waals surface area contributed by atoms with Gasteiger partial charge in [0.1, 0.15) is 24.7 Å². The molecule has 4 nitrogen and oxygen atoms in total. The number of ether oxygens (including phenoxy) is 2. The maximum Gasteiger partial charge on any atom is 0.307 e. The first-order chi connectivity index (χ1) is 11.1. The number of carboxylic acid groups (broad SMARTS) is 1. The summed E-state index contributed by atoms with van der Waals surface area (Å²) in [5, 5.41) is 8.74. The molecule has 1 N–H and O–H groups in total. The van der Waals surface area contributed by atoms with Crippen LogP contribution in [0.2, 0.25) is 0 Å². The average Bonchev–Trinajstić information content (AvgIpc) is 2.53. The summed E-state index contributed by atoms with van der Waals surface area (Å²) in [6.07, 6.45) is 1.73. The van der Waals surface area contributed by atoms with Crippen LogP contribution in [-0.4, -0.2) is 17.7 Å². The van der Waals surface area contributed by atoms with Crippen LogP contribution in [0.3, 0.4) is 0 Å². The van der Waals surface area contributed by atoms with Crippen LogP contribution in [-0.2, 0) is 17.8 Å². The van der Waals surface area contributed by atoms with Crippen LogP contribution >= 0.6 is 0 Å². The second-order valence-corrected chi connectivity index (χ2v) is 5.20. The number of hydrogen-bond acceptors (Lipinski definition) is 3. The lowest BCUT2D eigenvalue weighted by molar-refractivity contribution is -0.136. The molecule has 0 saturated carbocycles. The molecule has 0 bridgehead atoms. The van der Waals surface area contributed by atoms with Gasteiger partial charge in [0.25, 0.3) is 0 Å². The molecule has 0 atom stereocenters. The van der Waals surface area contributed by atoms with E-state index >= 15 is 0 Å². The van der Waals surface area contributed by atoms with E-state index in [0.29, 0.717) is 19.0 Å². The molecule has 0 aromatic heterocycles. The molecular formula is C19H20O4. The zero-order valence-electron chi connectivity index (χ0n) is 13.1. The Balaban J connectivity index is 1.93. The van der Waals surface area contributed by atoms with Gasteiger partial charge < -0.3 is 14.6 Å². The summed E-state index contributed by atoms with van der Waals surface area (Å²) < 4.78 is 11.3. The fraction of sp³-hybridized carbons (Fsp3) is 0.211. The minimum absolute atomic E-state index is 0.0195. The van der Waals surface area contributed by atoms with Crippen molar-refractivity contribution < 1.29 is 19.4 Å². The van der Waals surface area contributed by atoms with Crippen molar-refractivity contribution in [1.82, 2.24) is 0 Å². The second kappa shape index (κ2) is 8.03. The smallest absolute Gasteiger partial charge is 0.307 e.